The summed E-state index contributed by atoms with van der Waals surface area (Å²) in [6.07, 6.45) is 1.63. The van der Waals surface area contributed by atoms with Crippen LogP contribution < -0.4 is 4.90 Å². The highest BCUT2D eigenvalue weighted by Crippen LogP contribution is 2.36. The third kappa shape index (κ3) is 3.04. The summed E-state index contributed by atoms with van der Waals surface area (Å²) in [7, 11) is 1.25. The molecule has 1 heterocycles. The number of nitrogens with zero attached hydrogens (tertiary/aromatic N) is 1. The van der Waals surface area contributed by atoms with Crippen LogP contribution in [0.2, 0.25) is 0 Å². The molecule has 0 saturated heterocycles. The van der Waals surface area contributed by atoms with Gasteiger partial charge in [0.25, 0.3) is 5.91 Å². The van der Waals surface area contributed by atoms with Crippen molar-refractivity contribution in [2.24, 2.45) is 0 Å². The van der Waals surface area contributed by atoms with E-state index in [1.165, 1.54) is 24.1 Å². The van der Waals surface area contributed by atoms with Gasteiger partial charge < -0.3 is 4.74 Å². The fourth-order valence-electron chi connectivity index (χ4n) is 3.03. The van der Waals surface area contributed by atoms with Crippen LogP contribution in [0.15, 0.2) is 65.4 Å². The van der Waals surface area contributed by atoms with Gasteiger partial charge in [-0.25, -0.2) is 9.18 Å². The summed E-state index contributed by atoms with van der Waals surface area (Å²) >= 11 is 0. The number of anilines is 1. The normalized spacial score (nSPS) is 15.8. The van der Waals surface area contributed by atoms with Crippen molar-refractivity contribution < 1.29 is 18.7 Å². The van der Waals surface area contributed by atoms with Crippen LogP contribution in [0.25, 0.3) is 6.08 Å². The van der Waals surface area contributed by atoms with Gasteiger partial charge in [-0.2, -0.15) is 0 Å². The van der Waals surface area contributed by atoms with Gasteiger partial charge in [0.1, 0.15) is 5.82 Å². The SMILES string of the molecule is COC(=O)C1=C(C)N(c2ccccc2F)C(=O)/C1=C\c1cccc(C)c1. The maximum Gasteiger partial charge on any atom is 0.340 e. The highest BCUT2D eigenvalue weighted by Gasteiger charge is 2.38. The minimum Gasteiger partial charge on any atom is -0.465 e. The molecule has 2 aromatic carbocycles. The van der Waals surface area contributed by atoms with Crippen LogP contribution in [0.1, 0.15) is 18.1 Å². The van der Waals surface area contributed by atoms with Gasteiger partial charge in [0.05, 0.1) is 23.9 Å². The number of methoxy groups -OCH3 is 1. The quantitative estimate of drug-likeness (QED) is 0.620. The number of amides is 1. The summed E-state index contributed by atoms with van der Waals surface area (Å²) in [4.78, 5) is 26.5. The van der Waals surface area contributed by atoms with E-state index in [2.05, 4.69) is 0 Å². The van der Waals surface area contributed by atoms with Gasteiger partial charge in [-0.3, -0.25) is 9.69 Å². The molecule has 4 nitrogen and oxygen atoms in total. The van der Waals surface area contributed by atoms with Crippen molar-refractivity contribution in [1.29, 1.82) is 0 Å². The molecule has 1 aliphatic heterocycles. The van der Waals surface area contributed by atoms with Gasteiger partial charge in [0.15, 0.2) is 0 Å². The Morgan fingerprint density at radius 2 is 1.85 bits per heavy atom. The van der Waals surface area contributed by atoms with E-state index < -0.39 is 17.7 Å². The summed E-state index contributed by atoms with van der Waals surface area (Å²) in [5.41, 5.74) is 2.56. The molecule has 0 spiro atoms. The van der Waals surface area contributed by atoms with Crippen LogP contribution in [0.5, 0.6) is 0 Å². The van der Waals surface area contributed by atoms with Gasteiger partial charge >= 0.3 is 5.97 Å². The van der Waals surface area contributed by atoms with E-state index >= 15 is 0 Å². The zero-order chi connectivity index (χ0) is 18.8. The topological polar surface area (TPSA) is 46.6 Å². The molecule has 1 aliphatic rings. The summed E-state index contributed by atoms with van der Waals surface area (Å²) in [5.74, 6) is -1.63. The van der Waals surface area contributed by atoms with Crippen molar-refractivity contribution in [3.8, 4) is 0 Å². The van der Waals surface area contributed by atoms with Crippen molar-refractivity contribution in [3.63, 3.8) is 0 Å². The van der Waals surface area contributed by atoms with Crippen LogP contribution in [0.4, 0.5) is 10.1 Å². The number of hydrogen-bond acceptors (Lipinski definition) is 3. The summed E-state index contributed by atoms with van der Waals surface area (Å²) < 4.78 is 19.1. The van der Waals surface area contributed by atoms with Gasteiger partial charge in [-0.1, -0.05) is 42.0 Å². The molecule has 0 aliphatic carbocycles. The Morgan fingerprint density at radius 1 is 1.12 bits per heavy atom. The number of benzene rings is 2. The average molecular weight is 351 g/mol. The molecule has 1 amide bonds. The van der Waals surface area contributed by atoms with Crippen LogP contribution in [0, 0.1) is 12.7 Å². The number of ether oxygens (including phenoxy) is 1. The average Bonchev–Trinajstić information content (AvgIpc) is 2.85. The molecular formula is C21H18FNO3. The molecule has 0 atom stereocenters. The molecule has 0 saturated carbocycles. The van der Waals surface area contributed by atoms with Crippen LogP contribution in [-0.4, -0.2) is 19.0 Å². The number of halogens is 1. The van der Waals surface area contributed by atoms with Gasteiger partial charge in [-0.05, 0) is 37.6 Å². The van der Waals surface area contributed by atoms with Crippen molar-refractivity contribution in [2.45, 2.75) is 13.8 Å². The Morgan fingerprint density at radius 3 is 2.50 bits per heavy atom. The number of esters is 1. The third-order valence-electron chi connectivity index (χ3n) is 4.24. The molecule has 0 N–H and O–H groups in total. The lowest BCUT2D eigenvalue weighted by Gasteiger charge is -2.18. The molecule has 0 radical (unpaired) electrons. The largest absolute Gasteiger partial charge is 0.465 e. The summed E-state index contributed by atoms with van der Waals surface area (Å²) in [6, 6.07) is 13.5. The molecule has 5 heteroatoms. The first-order chi connectivity index (χ1) is 12.4. The fraction of sp³-hybridized carbons (Fsp3) is 0.143. The molecule has 2 aromatic rings. The zero-order valence-corrected chi connectivity index (χ0v) is 14.7. The molecule has 0 unspecified atom stereocenters. The monoisotopic (exact) mass is 351 g/mol. The molecule has 132 valence electrons. The smallest absolute Gasteiger partial charge is 0.340 e. The predicted octanol–water partition coefficient (Wildman–Crippen LogP) is 4.01. The van der Waals surface area contributed by atoms with Crippen molar-refractivity contribution in [3.05, 3.63) is 82.3 Å². The van der Waals surface area contributed by atoms with Crippen molar-refractivity contribution in [2.75, 3.05) is 12.0 Å². The van der Waals surface area contributed by atoms with E-state index in [1.54, 1.807) is 25.1 Å². The number of carbonyl (C=O) groups is 2. The highest BCUT2D eigenvalue weighted by molar-refractivity contribution is 6.23. The Hall–Kier alpha value is -3.21. The second-order valence-electron chi connectivity index (χ2n) is 6.02. The van der Waals surface area contributed by atoms with E-state index in [0.29, 0.717) is 5.70 Å². The standard InChI is InChI=1S/C21H18FNO3/c1-13-7-6-8-15(11-13)12-16-19(21(25)26-3)14(2)23(20(16)24)18-10-5-4-9-17(18)22/h4-12H,1-3H3/b16-12-. The maximum atomic E-state index is 14.3. The number of carbonyl (C=O) groups excluding carboxylic acids is 2. The molecule has 26 heavy (non-hydrogen) atoms. The van der Waals surface area contributed by atoms with Crippen molar-refractivity contribution in [1.82, 2.24) is 0 Å². The first-order valence-corrected chi connectivity index (χ1v) is 8.11. The zero-order valence-electron chi connectivity index (χ0n) is 14.7. The van der Waals surface area contributed by atoms with Crippen molar-refractivity contribution >= 4 is 23.6 Å². The first-order valence-electron chi connectivity index (χ1n) is 8.11. The van der Waals surface area contributed by atoms with E-state index in [9.17, 15) is 14.0 Å². The van der Waals surface area contributed by atoms with Crippen LogP contribution in [0.3, 0.4) is 0 Å². The molecule has 0 bridgehead atoms. The summed E-state index contributed by atoms with van der Waals surface area (Å²) in [5, 5.41) is 0. The van der Waals surface area contributed by atoms with Crippen LogP contribution in [-0.2, 0) is 14.3 Å². The maximum absolute atomic E-state index is 14.3. The first kappa shape index (κ1) is 17.6. The van der Waals surface area contributed by atoms with E-state index in [1.807, 2.05) is 31.2 Å². The minimum atomic E-state index is -0.631. The lowest BCUT2D eigenvalue weighted by molar-refractivity contribution is -0.136. The minimum absolute atomic E-state index is 0.101. The molecule has 0 aromatic heterocycles. The fourth-order valence-corrected chi connectivity index (χ4v) is 3.03. The Kier molecular flexibility index (Phi) is 4.71. The lowest BCUT2D eigenvalue weighted by atomic mass is 10.0. The number of allylic oxidation sites excluding steroid dienone is 1. The third-order valence-corrected chi connectivity index (χ3v) is 4.24. The van der Waals surface area contributed by atoms with Gasteiger partial charge in [0, 0.05) is 5.70 Å². The number of hydrogen-bond donors (Lipinski definition) is 0. The second kappa shape index (κ2) is 6.96. The van der Waals surface area contributed by atoms with E-state index in [0.717, 1.165) is 11.1 Å². The number of rotatable bonds is 3. The van der Waals surface area contributed by atoms with Gasteiger partial charge in [-0.15, -0.1) is 0 Å². The Labute approximate surface area is 151 Å². The number of aryl methyl sites for hydroxylation is 1. The Balaban J connectivity index is 2.17. The van der Waals surface area contributed by atoms with E-state index in [-0.39, 0.29) is 16.8 Å². The lowest BCUT2D eigenvalue weighted by Crippen LogP contribution is -2.25. The summed E-state index contributed by atoms with van der Waals surface area (Å²) in [6.45, 7) is 3.54. The molecule has 0 fully saturated rings. The van der Waals surface area contributed by atoms with E-state index in [4.69, 9.17) is 4.74 Å². The highest BCUT2D eigenvalue weighted by atomic mass is 19.1. The van der Waals surface area contributed by atoms with Gasteiger partial charge in [0.2, 0.25) is 0 Å². The molecule has 3 rings (SSSR count). The predicted molar refractivity (Wildman–Crippen MR) is 97.8 cm³/mol. The second-order valence-corrected chi connectivity index (χ2v) is 6.02. The Bertz CT molecular complexity index is 959. The number of para-hydroxylation sites is 1. The molecular weight excluding hydrogens is 333 g/mol. The van der Waals surface area contributed by atoms with Crippen LogP contribution >= 0.6 is 0 Å².